The van der Waals surface area contributed by atoms with Crippen molar-refractivity contribution in [2.24, 2.45) is 0 Å². The minimum atomic E-state index is -0.742. The first-order valence-corrected chi connectivity index (χ1v) is 8.49. The summed E-state index contributed by atoms with van der Waals surface area (Å²) in [6, 6.07) is 12.1. The largest absolute Gasteiger partial charge is 0.481 e. The molecule has 1 unspecified atom stereocenters. The van der Waals surface area contributed by atoms with Crippen molar-refractivity contribution in [1.82, 2.24) is 0 Å². The predicted octanol–water partition coefficient (Wildman–Crippen LogP) is 5.29. The monoisotopic (exact) mass is 393 g/mol. The molecule has 1 atom stereocenters. The van der Waals surface area contributed by atoms with Crippen molar-refractivity contribution in [3.63, 3.8) is 0 Å². The van der Waals surface area contributed by atoms with Crippen LogP contribution in [0.2, 0.25) is 0 Å². The summed E-state index contributed by atoms with van der Waals surface area (Å²) in [6.07, 6.45) is -0.742. The van der Waals surface area contributed by atoms with Gasteiger partial charge < -0.3 is 10.1 Å². The highest BCUT2D eigenvalue weighted by Gasteiger charge is 2.18. The van der Waals surface area contributed by atoms with Gasteiger partial charge in [0.2, 0.25) is 0 Å². The van der Waals surface area contributed by atoms with Crippen LogP contribution >= 0.6 is 15.9 Å². The van der Waals surface area contributed by atoms with E-state index in [4.69, 9.17) is 4.74 Å². The van der Waals surface area contributed by atoms with E-state index in [-0.39, 0.29) is 11.1 Å². The number of hydrogen-bond donors (Lipinski definition) is 1. The Morgan fingerprint density at radius 3 is 2.33 bits per heavy atom. The van der Waals surface area contributed by atoms with Crippen LogP contribution in [0.1, 0.15) is 33.3 Å². The molecule has 1 N–H and O–H groups in total. The van der Waals surface area contributed by atoms with Gasteiger partial charge in [0.1, 0.15) is 11.6 Å². The highest BCUT2D eigenvalue weighted by Crippen LogP contribution is 2.25. The van der Waals surface area contributed by atoms with E-state index in [1.807, 2.05) is 24.3 Å². The summed E-state index contributed by atoms with van der Waals surface area (Å²) in [5.41, 5.74) is 1.37. The van der Waals surface area contributed by atoms with Gasteiger partial charge in [-0.25, -0.2) is 4.39 Å². The Kier molecular flexibility index (Phi) is 5.65. The molecule has 2 aromatic rings. The van der Waals surface area contributed by atoms with Crippen LogP contribution in [-0.2, 0) is 10.2 Å². The van der Waals surface area contributed by atoms with E-state index < -0.39 is 17.8 Å². The number of nitrogens with one attached hydrogen (secondary N) is 1. The van der Waals surface area contributed by atoms with Gasteiger partial charge in [-0.1, -0.05) is 48.8 Å². The minimum absolute atomic E-state index is 0.0562. The van der Waals surface area contributed by atoms with Crippen LogP contribution in [0.4, 0.5) is 10.1 Å². The van der Waals surface area contributed by atoms with Crippen LogP contribution in [0.5, 0.6) is 5.75 Å². The first-order valence-electron chi connectivity index (χ1n) is 7.70. The van der Waals surface area contributed by atoms with Gasteiger partial charge in [0, 0.05) is 4.47 Å². The summed E-state index contributed by atoms with van der Waals surface area (Å²) in [5, 5.41) is 2.53. The van der Waals surface area contributed by atoms with Gasteiger partial charge in [-0.3, -0.25) is 4.79 Å². The predicted molar refractivity (Wildman–Crippen MR) is 98.0 cm³/mol. The fourth-order valence-corrected chi connectivity index (χ4v) is 2.45. The first kappa shape index (κ1) is 18.5. The van der Waals surface area contributed by atoms with E-state index in [0.717, 1.165) is 0 Å². The fraction of sp³-hybridized carbons (Fsp3) is 0.316. The quantitative estimate of drug-likeness (QED) is 0.765. The summed E-state index contributed by atoms with van der Waals surface area (Å²) >= 11 is 3.18. The average Bonchev–Trinajstić information content (AvgIpc) is 2.49. The van der Waals surface area contributed by atoms with E-state index in [0.29, 0.717) is 10.2 Å². The second-order valence-electron chi connectivity index (χ2n) is 6.65. The lowest BCUT2D eigenvalue weighted by Crippen LogP contribution is -2.30. The van der Waals surface area contributed by atoms with Gasteiger partial charge in [0.15, 0.2) is 6.10 Å². The molecule has 2 rings (SSSR count). The number of rotatable bonds is 4. The van der Waals surface area contributed by atoms with Gasteiger partial charge in [-0.05, 0) is 48.2 Å². The number of hydrogen-bond acceptors (Lipinski definition) is 2. The molecule has 3 nitrogen and oxygen atoms in total. The summed E-state index contributed by atoms with van der Waals surface area (Å²) in [5.74, 6) is -0.308. The van der Waals surface area contributed by atoms with Crippen molar-refractivity contribution < 1.29 is 13.9 Å². The number of amides is 1. The minimum Gasteiger partial charge on any atom is -0.481 e. The topological polar surface area (TPSA) is 38.3 Å². The molecule has 0 bridgehead atoms. The van der Waals surface area contributed by atoms with Crippen molar-refractivity contribution in [3.05, 3.63) is 58.3 Å². The van der Waals surface area contributed by atoms with Crippen molar-refractivity contribution in [2.45, 2.75) is 39.2 Å². The van der Waals surface area contributed by atoms with E-state index in [2.05, 4.69) is 42.0 Å². The van der Waals surface area contributed by atoms with Crippen molar-refractivity contribution in [3.8, 4) is 5.75 Å². The average molecular weight is 394 g/mol. The molecule has 2 aromatic carbocycles. The Morgan fingerprint density at radius 2 is 1.79 bits per heavy atom. The van der Waals surface area contributed by atoms with Crippen molar-refractivity contribution in [1.29, 1.82) is 0 Å². The fourth-order valence-electron chi connectivity index (χ4n) is 2.12. The molecule has 0 aliphatic rings. The highest BCUT2D eigenvalue weighted by atomic mass is 79.9. The van der Waals surface area contributed by atoms with Gasteiger partial charge in [-0.2, -0.15) is 0 Å². The molecule has 0 saturated carbocycles. The first-order chi connectivity index (χ1) is 11.2. The molecule has 128 valence electrons. The SMILES string of the molecule is CC(Oc1ccc(C(C)(C)C)cc1)C(=O)Nc1ccc(Br)cc1F. The zero-order valence-electron chi connectivity index (χ0n) is 14.2. The third kappa shape index (κ3) is 4.81. The number of benzene rings is 2. The Hall–Kier alpha value is -1.88. The summed E-state index contributed by atoms with van der Waals surface area (Å²) in [4.78, 5) is 12.2. The standard InChI is InChI=1S/C19H21BrFNO2/c1-12(18(23)22-17-10-7-14(20)11-16(17)21)24-15-8-5-13(6-9-15)19(2,3)4/h5-12H,1-4H3,(H,22,23). The molecular weight excluding hydrogens is 373 g/mol. The lowest BCUT2D eigenvalue weighted by Gasteiger charge is -2.20. The molecule has 0 heterocycles. The number of ether oxygens (including phenoxy) is 1. The lowest BCUT2D eigenvalue weighted by atomic mass is 9.87. The van der Waals surface area contributed by atoms with Crippen molar-refractivity contribution in [2.75, 3.05) is 5.32 Å². The zero-order chi connectivity index (χ0) is 17.9. The van der Waals surface area contributed by atoms with Gasteiger partial charge >= 0.3 is 0 Å². The number of carbonyl (C=O) groups is 1. The summed E-state index contributed by atoms with van der Waals surface area (Å²) in [6.45, 7) is 8.02. The second-order valence-corrected chi connectivity index (χ2v) is 7.56. The molecule has 0 spiro atoms. The molecule has 0 saturated heterocycles. The Morgan fingerprint density at radius 1 is 1.17 bits per heavy atom. The summed E-state index contributed by atoms with van der Waals surface area (Å²) in [7, 11) is 0. The molecule has 0 fully saturated rings. The van der Waals surface area contributed by atoms with E-state index in [1.54, 1.807) is 13.0 Å². The highest BCUT2D eigenvalue weighted by molar-refractivity contribution is 9.10. The molecule has 1 amide bonds. The lowest BCUT2D eigenvalue weighted by molar-refractivity contribution is -0.122. The van der Waals surface area contributed by atoms with Gasteiger partial charge in [-0.15, -0.1) is 0 Å². The van der Waals surface area contributed by atoms with Crippen LogP contribution in [0.3, 0.4) is 0 Å². The van der Waals surface area contributed by atoms with Crippen LogP contribution in [-0.4, -0.2) is 12.0 Å². The van der Waals surface area contributed by atoms with E-state index in [9.17, 15) is 9.18 Å². The van der Waals surface area contributed by atoms with E-state index in [1.165, 1.54) is 17.7 Å². The van der Waals surface area contributed by atoms with Gasteiger partial charge in [0.25, 0.3) is 5.91 Å². The van der Waals surface area contributed by atoms with Crippen LogP contribution in [0.15, 0.2) is 46.9 Å². The molecule has 0 radical (unpaired) electrons. The second kappa shape index (κ2) is 7.34. The third-order valence-corrected chi connectivity index (χ3v) is 4.08. The molecular formula is C19H21BrFNO2. The Bertz CT molecular complexity index is 723. The van der Waals surface area contributed by atoms with Crippen LogP contribution in [0, 0.1) is 5.82 Å². The van der Waals surface area contributed by atoms with Crippen LogP contribution < -0.4 is 10.1 Å². The zero-order valence-corrected chi connectivity index (χ0v) is 15.8. The van der Waals surface area contributed by atoms with Gasteiger partial charge in [0.05, 0.1) is 5.69 Å². The molecule has 0 aliphatic heterocycles. The molecule has 0 aliphatic carbocycles. The summed E-state index contributed by atoms with van der Waals surface area (Å²) < 4.78 is 20.0. The number of anilines is 1. The normalized spacial score (nSPS) is 12.6. The Labute approximate surface area is 150 Å². The maximum Gasteiger partial charge on any atom is 0.265 e. The molecule has 0 aromatic heterocycles. The smallest absolute Gasteiger partial charge is 0.265 e. The van der Waals surface area contributed by atoms with Crippen molar-refractivity contribution >= 4 is 27.5 Å². The van der Waals surface area contributed by atoms with E-state index >= 15 is 0 Å². The Balaban J connectivity index is 2.01. The molecule has 5 heteroatoms. The third-order valence-electron chi connectivity index (χ3n) is 3.59. The number of carbonyl (C=O) groups excluding carboxylic acids is 1. The van der Waals surface area contributed by atoms with Crippen LogP contribution in [0.25, 0.3) is 0 Å². The number of halogens is 2. The maximum absolute atomic E-state index is 13.8. The molecule has 24 heavy (non-hydrogen) atoms. The maximum atomic E-state index is 13.8.